The van der Waals surface area contributed by atoms with E-state index in [2.05, 4.69) is 6.92 Å². The number of ether oxygens (including phenoxy) is 2. The van der Waals surface area contributed by atoms with Gasteiger partial charge in [-0.25, -0.2) is 0 Å². The molecule has 0 spiro atoms. The fraction of sp³-hybridized carbons (Fsp3) is 0.412. The van der Waals surface area contributed by atoms with Gasteiger partial charge in [0.05, 0.1) is 17.6 Å². The number of hydrogen-bond donors (Lipinski definition) is 0. The fourth-order valence-corrected chi connectivity index (χ4v) is 3.16. The molecule has 1 aliphatic rings. The number of amides is 1. The number of nitrogens with zero attached hydrogens (tertiary/aromatic N) is 1. The molecule has 0 unspecified atom stereocenters. The standard InChI is InChI=1S/C17H21NO3S2/c1-5-11(3)21-13-8-7-12(9-14(13)20-6-2)10-15-16(19)18(4)17(22)23-15/h7-11H,5-6H2,1-4H3/b15-10-/t11-/m0/s1. The molecule has 1 heterocycles. The maximum absolute atomic E-state index is 12.1. The number of rotatable bonds is 6. The van der Waals surface area contributed by atoms with Gasteiger partial charge in [-0.1, -0.05) is 37.0 Å². The molecule has 0 radical (unpaired) electrons. The molecule has 1 saturated heterocycles. The third-order valence-corrected chi connectivity index (χ3v) is 4.94. The number of benzene rings is 1. The number of thiocarbonyl (C=S) groups is 1. The third-order valence-electron chi connectivity index (χ3n) is 3.45. The Hall–Kier alpha value is -1.53. The van der Waals surface area contributed by atoms with Crippen LogP contribution in [0.1, 0.15) is 32.8 Å². The molecule has 0 saturated carbocycles. The average Bonchev–Trinajstić information content (AvgIpc) is 2.77. The molecule has 1 aromatic carbocycles. The van der Waals surface area contributed by atoms with E-state index in [-0.39, 0.29) is 12.0 Å². The minimum Gasteiger partial charge on any atom is -0.490 e. The monoisotopic (exact) mass is 351 g/mol. The van der Waals surface area contributed by atoms with Gasteiger partial charge in [0.1, 0.15) is 4.32 Å². The highest BCUT2D eigenvalue weighted by Crippen LogP contribution is 2.34. The van der Waals surface area contributed by atoms with E-state index >= 15 is 0 Å². The Morgan fingerprint density at radius 2 is 2.09 bits per heavy atom. The Balaban J connectivity index is 2.29. The van der Waals surface area contributed by atoms with Crippen LogP contribution in [-0.2, 0) is 4.79 Å². The summed E-state index contributed by atoms with van der Waals surface area (Å²) in [7, 11) is 1.69. The Labute approximate surface area is 146 Å². The van der Waals surface area contributed by atoms with Gasteiger partial charge in [0.15, 0.2) is 11.5 Å². The molecule has 0 aliphatic carbocycles. The van der Waals surface area contributed by atoms with Gasteiger partial charge in [-0.15, -0.1) is 0 Å². The maximum Gasteiger partial charge on any atom is 0.265 e. The molecule has 1 amide bonds. The average molecular weight is 351 g/mol. The summed E-state index contributed by atoms with van der Waals surface area (Å²) in [5.74, 6) is 1.34. The van der Waals surface area contributed by atoms with Crippen LogP contribution >= 0.6 is 24.0 Å². The summed E-state index contributed by atoms with van der Waals surface area (Å²) in [6.07, 6.45) is 2.88. The Bertz CT molecular complexity index is 643. The molecule has 124 valence electrons. The Kier molecular flexibility index (Phi) is 6.07. The molecule has 1 aliphatic heterocycles. The van der Waals surface area contributed by atoms with Crippen molar-refractivity contribution in [2.24, 2.45) is 0 Å². The lowest BCUT2D eigenvalue weighted by Gasteiger charge is -2.16. The van der Waals surface area contributed by atoms with Crippen LogP contribution in [0.3, 0.4) is 0 Å². The van der Waals surface area contributed by atoms with Gasteiger partial charge in [0.2, 0.25) is 0 Å². The van der Waals surface area contributed by atoms with Crippen LogP contribution < -0.4 is 9.47 Å². The second kappa shape index (κ2) is 7.84. The molecule has 1 fully saturated rings. The fourth-order valence-electron chi connectivity index (χ4n) is 1.98. The Morgan fingerprint density at radius 1 is 1.35 bits per heavy atom. The highest BCUT2D eigenvalue weighted by molar-refractivity contribution is 8.26. The number of thioether (sulfide) groups is 1. The minimum absolute atomic E-state index is 0.0714. The molecule has 23 heavy (non-hydrogen) atoms. The summed E-state index contributed by atoms with van der Waals surface area (Å²) >= 11 is 6.45. The number of carbonyl (C=O) groups excluding carboxylic acids is 1. The number of hydrogen-bond acceptors (Lipinski definition) is 5. The maximum atomic E-state index is 12.1. The van der Waals surface area contributed by atoms with E-state index < -0.39 is 0 Å². The van der Waals surface area contributed by atoms with Gasteiger partial charge in [0, 0.05) is 7.05 Å². The molecular weight excluding hydrogens is 330 g/mol. The van der Waals surface area contributed by atoms with Crippen LogP contribution in [0, 0.1) is 0 Å². The predicted molar refractivity (Wildman–Crippen MR) is 98.9 cm³/mol. The van der Waals surface area contributed by atoms with Crippen molar-refractivity contribution in [3.05, 3.63) is 28.7 Å². The smallest absolute Gasteiger partial charge is 0.265 e. The van der Waals surface area contributed by atoms with Crippen molar-refractivity contribution in [1.29, 1.82) is 0 Å². The zero-order valence-corrected chi connectivity index (χ0v) is 15.4. The first kappa shape index (κ1) is 17.8. The van der Waals surface area contributed by atoms with E-state index in [1.807, 2.05) is 38.1 Å². The zero-order valence-electron chi connectivity index (χ0n) is 13.8. The second-order valence-corrected chi connectivity index (χ2v) is 6.89. The van der Waals surface area contributed by atoms with E-state index in [0.29, 0.717) is 21.6 Å². The highest BCUT2D eigenvalue weighted by atomic mass is 32.2. The van der Waals surface area contributed by atoms with E-state index in [0.717, 1.165) is 17.7 Å². The molecule has 1 atom stereocenters. The molecule has 0 aromatic heterocycles. The lowest BCUT2D eigenvalue weighted by atomic mass is 10.1. The first-order valence-corrected chi connectivity index (χ1v) is 8.83. The van der Waals surface area contributed by atoms with E-state index in [1.165, 1.54) is 16.7 Å². The highest BCUT2D eigenvalue weighted by Gasteiger charge is 2.28. The van der Waals surface area contributed by atoms with Crippen LogP contribution in [-0.4, -0.2) is 34.9 Å². The number of likely N-dealkylation sites (N-methyl/N-ethyl adjacent to an activating group) is 1. The van der Waals surface area contributed by atoms with Crippen molar-refractivity contribution >= 4 is 40.3 Å². The molecule has 6 heteroatoms. The Morgan fingerprint density at radius 3 is 2.65 bits per heavy atom. The van der Waals surface area contributed by atoms with Crippen LogP contribution in [0.25, 0.3) is 6.08 Å². The van der Waals surface area contributed by atoms with Gasteiger partial charge in [-0.2, -0.15) is 0 Å². The van der Waals surface area contributed by atoms with Crippen molar-refractivity contribution in [1.82, 2.24) is 4.90 Å². The summed E-state index contributed by atoms with van der Waals surface area (Å²) in [5, 5.41) is 0. The second-order valence-electron chi connectivity index (χ2n) is 5.22. The third kappa shape index (κ3) is 4.26. The van der Waals surface area contributed by atoms with Gasteiger partial charge < -0.3 is 9.47 Å². The van der Waals surface area contributed by atoms with E-state index in [1.54, 1.807) is 7.05 Å². The SMILES string of the molecule is CCOc1cc(/C=C2\SC(=S)N(C)C2=O)ccc1O[C@@H](C)CC. The topological polar surface area (TPSA) is 38.8 Å². The first-order valence-electron chi connectivity index (χ1n) is 7.61. The lowest BCUT2D eigenvalue weighted by Crippen LogP contribution is -2.22. The summed E-state index contributed by atoms with van der Waals surface area (Å²) in [6, 6.07) is 5.70. The van der Waals surface area contributed by atoms with Gasteiger partial charge in [0.25, 0.3) is 5.91 Å². The largest absolute Gasteiger partial charge is 0.490 e. The molecule has 0 bridgehead atoms. The van der Waals surface area contributed by atoms with E-state index in [9.17, 15) is 4.79 Å². The molecule has 2 rings (SSSR count). The van der Waals surface area contributed by atoms with Crippen LogP contribution in [0.5, 0.6) is 11.5 Å². The van der Waals surface area contributed by atoms with Crippen molar-refractivity contribution in [2.45, 2.75) is 33.3 Å². The quantitative estimate of drug-likeness (QED) is 0.570. The van der Waals surface area contributed by atoms with Crippen molar-refractivity contribution in [3.8, 4) is 11.5 Å². The van der Waals surface area contributed by atoms with Crippen LogP contribution in [0.15, 0.2) is 23.1 Å². The lowest BCUT2D eigenvalue weighted by molar-refractivity contribution is -0.121. The van der Waals surface area contributed by atoms with Crippen molar-refractivity contribution in [2.75, 3.05) is 13.7 Å². The normalized spacial score (nSPS) is 17.7. The molecular formula is C17H21NO3S2. The number of carbonyl (C=O) groups is 1. The molecule has 4 nitrogen and oxygen atoms in total. The summed E-state index contributed by atoms with van der Waals surface area (Å²) < 4.78 is 12.1. The zero-order chi connectivity index (χ0) is 17.0. The predicted octanol–water partition coefficient (Wildman–Crippen LogP) is 4.09. The first-order chi connectivity index (χ1) is 11.0. The van der Waals surface area contributed by atoms with Gasteiger partial charge >= 0.3 is 0 Å². The summed E-state index contributed by atoms with van der Waals surface area (Å²) in [5.41, 5.74) is 0.888. The van der Waals surface area contributed by atoms with Gasteiger partial charge in [-0.05, 0) is 44.0 Å². The van der Waals surface area contributed by atoms with Crippen molar-refractivity contribution < 1.29 is 14.3 Å². The van der Waals surface area contributed by atoms with E-state index in [4.69, 9.17) is 21.7 Å². The molecule has 1 aromatic rings. The summed E-state index contributed by atoms with van der Waals surface area (Å²) in [4.78, 5) is 14.2. The minimum atomic E-state index is -0.0714. The van der Waals surface area contributed by atoms with Crippen LogP contribution in [0.2, 0.25) is 0 Å². The van der Waals surface area contributed by atoms with Crippen molar-refractivity contribution in [3.63, 3.8) is 0 Å². The molecule has 0 N–H and O–H groups in total. The van der Waals surface area contributed by atoms with Gasteiger partial charge in [-0.3, -0.25) is 9.69 Å². The summed E-state index contributed by atoms with van der Waals surface area (Å²) in [6.45, 7) is 6.58. The van der Waals surface area contributed by atoms with Crippen LogP contribution in [0.4, 0.5) is 0 Å².